The monoisotopic (exact) mass is 305 g/mol. The Kier molecular flexibility index (Phi) is 5.33. The molecule has 0 saturated carbocycles. The van der Waals surface area contributed by atoms with Crippen molar-refractivity contribution in [2.45, 2.75) is 20.8 Å². The van der Waals surface area contributed by atoms with E-state index in [0.29, 0.717) is 31.9 Å². The van der Waals surface area contributed by atoms with Crippen LogP contribution in [0.15, 0.2) is 11.1 Å². The lowest BCUT2D eigenvalue weighted by Crippen LogP contribution is -2.51. The molecule has 22 heavy (non-hydrogen) atoms. The van der Waals surface area contributed by atoms with E-state index < -0.39 is 11.8 Å². The van der Waals surface area contributed by atoms with Crippen molar-refractivity contribution in [3.63, 3.8) is 0 Å². The van der Waals surface area contributed by atoms with Crippen LogP contribution in [-0.2, 0) is 14.3 Å². The molecule has 2 aliphatic heterocycles. The molecule has 1 saturated heterocycles. The molecule has 1 fully saturated rings. The summed E-state index contributed by atoms with van der Waals surface area (Å²) in [5.74, 6) is -0.863. The lowest BCUT2D eigenvalue weighted by molar-refractivity contribution is -0.147. The minimum atomic E-state index is -0.447. The molecule has 1 unspecified atom stereocenters. The number of carbonyl (C=O) groups excluding carboxylic acids is 2. The maximum absolute atomic E-state index is 12.7. The van der Waals surface area contributed by atoms with Gasteiger partial charge in [-0.3, -0.25) is 19.4 Å². The van der Waals surface area contributed by atoms with Crippen molar-refractivity contribution < 1.29 is 14.3 Å². The van der Waals surface area contributed by atoms with E-state index in [9.17, 15) is 14.9 Å². The van der Waals surface area contributed by atoms with Gasteiger partial charge in [-0.2, -0.15) is 5.26 Å². The van der Waals surface area contributed by atoms with Crippen LogP contribution in [0.4, 0.5) is 0 Å². The topological polar surface area (TPSA) is 73.6 Å². The number of ether oxygens (including phenoxy) is 1. The molecule has 0 spiro atoms. The fourth-order valence-electron chi connectivity index (χ4n) is 2.88. The average Bonchev–Trinajstić information content (AvgIpc) is 2.49. The first-order valence-corrected chi connectivity index (χ1v) is 7.72. The summed E-state index contributed by atoms with van der Waals surface area (Å²) in [6.07, 6.45) is 0. The van der Waals surface area contributed by atoms with Crippen LogP contribution in [0.3, 0.4) is 0 Å². The molecule has 0 aliphatic carbocycles. The number of carbonyl (C=O) groups is 2. The third-order valence-electron chi connectivity index (χ3n) is 4.14. The van der Waals surface area contributed by atoms with Crippen molar-refractivity contribution in [1.82, 2.24) is 9.80 Å². The summed E-state index contributed by atoms with van der Waals surface area (Å²) in [5, 5.41) is 9.29. The Morgan fingerprint density at radius 3 is 2.50 bits per heavy atom. The number of amides is 2. The van der Waals surface area contributed by atoms with Gasteiger partial charge in [0.2, 0.25) is 5.91 Å². The SMILES string of the molecule is CC1=C(C#N)C(=O)N(CC(C)C)C(=O)C1CN1CCOCC1. The Hall–Kier alpha value is -1.71. The number of imide groups is 1. The van der Waals surface area contributed by atoms with Crippen LogP contribution >= 0.6 is 0 Å². The maximum Gasteiger partial charge on any atom is 0.271 e. The first-order chi connectivity index (χ1) is 10.5. The van der Waals surface area contributed by atoms with Crippen molar-refractivity contribution in [1.29, 1.82) is 5.26 Å². The number of morpholine rings is 1. The molecule has 0 radical (unpaired) electrons. The van der Waals surface area contributed by atoms with Gasteiger partial charge in [0, 0.05) is 26.2 Å². The molecule has 2 amide bonds. The summed E-state index contributed by atoms with van der Waals surface area (Å²) < 4.78 is 5.32. The fourth-order valence-corrected chi connectivity index (χ4v) is 2.88. The zero-order valence-corrected chi connectivity index (χ0v) is 13.5. The molecular weight excluding hydrogens is 282 g/mol. The van der Waals surface area contributed by atoms with Crippen LogP contribution in [-0.4, -0.2) is 61.0 Å². The molecule has 0 aromatic carbocycles. The predicted octanol–water partition coefficient (Wildman–Crippen LogP) is 0.800. The van der Waals surface area contributed by atoms with Gasteiger partial charge in [-0.15, -0.1) is 0 Å². The Morgan fingerprint density at radius 2 is 1.95 bits per heavy atom. The highest BCUT2D eigenvalue weighted by molar-refractivity contribution is 6.11. The van der Waals surface area contributed by atoms with Gasteiger partial charge in [0.25, 0.3) is 5.91 Å². The third-order valence-corrected chi connectivity index (χ3v) is 4.14. The van der Waals surface area contributed by atoms with Crippen LogP contribution < -0.4 is 0 Å². The molecule has 0 aromatic rings. The summed E-state index contributed by atoms with van der Waals surface area (Å²) in [7, 11) is 0. The van der Waals surface area contributed by atoms with Gasteiger partial charge in [0.1, 0.15) is 11.6 Å². The van der Waals surface area contributed by atoms with Crippen LogP contribution in [0.1, 0.15) is 20.8 Å². The summed E-state index contributed by atoms with van der Waals surface area (Å²) in [4.78, 5) is 28.5. The molecular formula is C16H23N3O3. The molecule has 6 nitrogen and oxygen atoms in total. The highest BCUT2D eigenvalue weighted by Gasteiger charge is 2.40. The van der Waals surface area contributed by atoms with E-state index in [-0.39, 0.29) is 17.4 Å². The first-order valence-electron chi connectivity index (χ1n) is 7.72. The standard InChI is InChI=1S/C16H23N3O3/c1-11(2)9-19-15(20)13(8-17)12(3)14(16(19)21)10-18-4-6-22-7-5-18/h11,14H,4-7,9-10H2,1-3H3. The van der Waals surface area contributed by atoms with Crippen LogP contribution in [0.2, 0.25) is 0 Å². The zero-order chi connectivity index (χ0) is 16.3. The number of hydrogen-bond acceptors (Lipinski definition) is 5. The Labute approximate surface area is 131 Å². The molecule has 1 atom stereocenters. The maximum atomic E-state index is 12.7. The second-order valence-corrected chi connectivity index (χ2v) is 6.28. The molecule has 2 rings (SSSR count). The Morgan fingerprint density at radius 1 is 1.32 bits per heavy atom. The van der Waals surface area contributed by atoms with Gasteiger partial charge < -0.3 is 4.74 Å². The third kappa shape index (κ3) is 3.37. The van der Waals surface area contributed by atoms with Crippen molar-refractivity contribution >= 4 is 11.8 Å². The summed E-state index contributed by atoms with van der Waals surface area (Å²) in [5.41, 5.74) is 0.725. The van der Waals surface area contributed by atoms with E-state index in [2.05, 4.69) is 4.90 Å². The number of rotatable bonds is 4. The van der Waals surface area contributed by atoms with Crippen LogP contribution in [0.25, 0.3) is 0 Å². The summed E-state index contributed by atoms with van der Waals surface area (Å²) in [6, 6.07) is 1.99. The largest absolute Gasteiger partial charge is 0.379 e. The molecule has 0 N–H and O–H groups in total. The number of nitriles is 1. The predicted molar refractivity (Wildman–Crippen MR) is 80.6 cm³/mol. The van der Waals surface area contributed by atoms with Crippen molar-refractivity contribution in [2.24, 2.45) is 11.8 Å². The molecule has 2 heterocycles. The van der Waals surface area contributed by atoms with Crippen molar-refractivity contribution in [3.05, 3.63) is 11.1 Å². The highest BCUT2D eigenvalue weighted by Crippen LogP contribution is 2.27. The highest BCUT2D eigenvalue weighted by atomic mass is 16.5. The smallest absolute Gasteiger partial charge is 0.271 e. The van der Waals surface area contributed by atoms with Gasteiger partial charge in [-0.05, 0) is 18.4 Å². The van der Waals surface area contributed by atoms with E-state index >= 15 is 0 Å². The van der Waals surface area contributed by atoms with E-state index in [1.54, 1.807) is 6.92 Å². The van der Waals surface area contributed by atoms with Gasteiger partial charge in [-0.1, -0.05) is 13.8 Å². The summed E-state index contributed by atoms with van der Waals surface area (Å²) in [6.45, 7) is 9.40. The van der Waals surface area contributed by atoms with Gasteiger partial charge >= 0.3 is 0 Å². The minimum Gasteiger partial charge on any atom is -0.379 e. The zero-order valence-electron chi connectivity index (χ0n) is 13.5. The van der Waals surface area contributed by atoms with Gasteiger partial charge in [0.05, 0.1) is 19.1 Å². The van der Waals surface area contributed by atoms with Crippen molar-refractivity contribution in [3.8, 4) is 6.07 Å². The minimum absolute atomic E-state index is 0.124. The van der Waals surface area contributed by atoms with Crippen LogP contribution in [0, 0.1) is 23.2 Å². The van der Waals surface area contributed by atoms with Gasteiger partial charge in [0.15, 0.2) is 0 Å². The molecule has 2 aliphatic rings. The molecule has 0 aromatic heterocycles. The number of nitrogens with zero attached hydrogens (tertiary/aromatic N) is 3. The second kappa shape index (κ2) is 7.03. The van der Waals surface area contributed by atoms with E-state index in [0.717, 1.165) is 13.1 Å². The normalized spacial score (nSPS) is 24.1. The molecule has 0 bridgehead atoms. The second-order valence-electron chi connectivity index (χ2n) is 6.28. The number of hydrogen-bond donors (Lipinski definition) is 0. The van der Waals surface area contributed by atoms with Crippen LogP contribution in [0.5, 0.6) is 0 Å². The Bertz CT molecular complexity index is 527. The van der Waals surface area contributed by atoms with Gasteiger partial charge in [-0.25, -0.2) is 0 Å². The molecule has 6 heteroatoms. The average molecular weight is 305 g/mol. The lowest BCUT2D eigenvalue weighted by atomic mass is 9.88. The van der Waals surface area contributed by atoms with E-state index in [1.807, 2.05) is 19.9 Å². The lowest BCUT2D eigenvalue weighted by Gasteiger charge is -2.36. The van der Waals surface area contributed by atoms with Crippen molar-refractivity contribution in [2.75, 3.05) is 39.4 Å². The summed E-state index contributed by atoms with van der Waals surface area (Å²) >= 11 is 0. The quantitative estimate of drug-likeness (QED) is 0.718. The first kappa shape index (κ1) is 16.7. The fraction of sp³-hybridized carbons (Fsp3) is 0.688. The Balaban J connectivity index is 2.25. The van der Waals surface area contributed by atoms with E-state index in [1.165, 1.54) is 4.90 Å². The molecule has 120 valence electrons. The van der Waals surface area contributed by atoms with E-state index in [4.69, 9.17) is 4.74 Å².